The first-order valence-corrected chi connectivity index (χ1v) is 12.5. The maximum Gasteiger partial charge on any atom is 0.0881 e. The van der Waals surface area contributed by atoms with Crippen LogP contribution in [0.5, 0.6) is 0 Å². The predicted molar refractivity (Wildman–Crippen MR) is 149 cm³/mol. The summed E-state index contributed by atoms with van der Waals surface area (Å²) in [6.07, 6.45) is 0. The Hall–Kier alpha value is -3.30. The lowest BCUT2D eigenvalue weighted by Gasteiger charge is -2.11. The maximum absolute atomic E-state index is 5.22. The maximum atomic E-state index is 5.22. The summed E-state index contributed by atoms with van der Waals surface area (Å²) in [5, 5.41) is 0. The van der Waals surface area contributed by atoms with E-state index in [4.69, 9.17) is 9.98 Å². The monoisotopic (exact) mass is 464 g/mol. The molecule has 34 heavy (non-hydrogen) atoms. The van der Waals surface area contributed by atoms with E-state index in [1.165, 1.54) is 33.4 Å². The summed E-state index contributed by atoms with van der Waals surface area (Å²) in [6, 6.07) is 23.6. The molecule has 172 valence electrons. The van der Waals surface area contributed by atoms with Gasteiger partial charge >= 0.3 is 0 Å². The molecule has 0 atom stereocenters. The Kier molecular flexibility index (Phi) is 6.95. The van der Waals surface area contributed by atoms with Crippen LogP contribution >= 0.6 is 11.3 Å². The molecule has 1 heterocycles. The van der Waals surface area contributed by atoms with Crippen molar-refractivity contribution in [1.29, 1.82) is 0 Å². The van der Waals surface area contributed by atoms with Crippen molar-refractivity contribution < 1.29 is 0 Å². The topological polar surface area (TPSA) is 24.7 Å². The molecule has 0 bridgehead atoms. The molecule has 0 saturated heterocycles. The van der Waals surface area contributed by atoms with Crippen LogP contribution in [0.3, 0.4) is 0 Å². The molecule has 3 heteroatoms. The summed E-state index contributed by atoms with van der Waals surface area (Å²) in [4.78, 5) is 12.6. The lowest BCUT2D eigenvalue weighted by molar-refractivity contribution is 1.28. The Balaban J connectivity index is 1.80. The smallest absolute Gasteiger partial charge is 0.0881 e. The van der Waals surface area contributed by atoms with Crippen LogP contribution in [-0.4, -0.2) is 11.4 Å². The summed E-state index contributed by atoms with van der Waals surface area (Å²) in [7, 11) is 0. The van der Waals surface area contributed by atoms with E-state index in [-0.39, 0.29) is 0 Å². The molecule has 4 rings (SSSR count). The molecule has 0 aliphatic rings. The fraction of sp³-hybridized carbons (Fsp3) is 0.226. The van der Waals surface area contributed by atoms with Crippen LogP contribution in [0.15, 0.2) is 76.7 Å². The molecule has 4 aromatic rings. The van der Waals surface area contributed by atoms with Crippen molar-refractivity contribution in [2.75, 3.05) is 0 Å². The van der Waals surface area contributed by atoms with Crippen molar-refractivity contribution in [3.8, 4) is 0 Å². The van der Waals surface area contributed by atoms with Gasteiger partial charge in [-0.3, -0.25) is 4.99 Å². The summed E-state index contributed by atoms with van der Waals surface area (Å²) < 4.78 is 0. The number of rotatable bonds is 5. The molecule has 0 aliphatic heterocycles. The Bertz CT molecular complexity index is 1360. The summed E-state index contributed by atoms with van der Waals surface area (Å²) >= 11 is 1.75. The normalized spacial score (nSPS) is 12.3. The number of hydrogen-bond donors (Lipinski definition) is 0. The highest BCUT2D eigenvalue weighted by Gasteiger charge is 2.14. The number of hydrogen-bond acceptors (Lipinski definition) is 3. The lowest BCUT2D eigenvalue weighted by Crippen LogP contribution is -2.01. The van der Waals surface area contributed by atoms with Gasteiger partial charge in [0.05, 0.1) is 27.7 Å². The quantitative estimate of drug-likeness (QED) is 0.263. The number of aliphatic imine (C=N–C) groups is 2. The predicted octanol–water partition coefficient (Wildman–Crippen LogP) is 8.91. The molecule has 0 aliphatic carbocycles. The van der Waals surface area contributed by atoms with Crippen molar-refractivity contribution in [3.05, 3.63) is 115 Å². The largest absolute Gasteiger partial charge is 0.252 e. The van der Waals surface area contributed by atoms with E-state index in [0.29, 0.717) is 0 Å². The van der Waals surface area contributed by atoms with Gasteiger partial charge in [-0.2, -0.15) is 0 Å². The Morgan fingerprint density at radius 2 is 1.06 bits per heavy atom. The van der Waals surface area contributed by atoms with Crippen molar-refractivity contribution >= 4 is 34.1 Å². The molecule has 0 fully saturated rings. The van der Waals surface area contributed by atoms with Crippen LogP contribution in [0.2, 0.25) is 0 Å². The van der Waals surface area contributed by atoms with Crippen molar-refractivity contribution in [3.63, 3.8) is 0 Å². The highest BCUT2D eigenvalue weighted by atomic mass is 32.1. The van der Waals surface area contributed by atoms with Gasteiger partial charge in [0.1, 0.15) is 0 Å². The van der Waals surface area contributed by atoms with E-state index in [2.05, 4.69) is 109 Å². The molecule has 0 saturated carbocycles. The van der Waals surface area contributed by atoms with Crippen LogP contribution < -0.4 is 0 Å². The van der Waals surface area contributed by atoms with Gasteiger partial charge in [-0.1, -0.05) is 65.7 Å². The Morgan fingerprint density at radius 1 is 0.588 bits per heavy atom. The lowest BCUT2D eigenvalue weighted by atomic mass is 10.0. The molecule has 0 radical (unpaired) electrons. The summed E-state index contributed by atoms with van der Waals surface area (Å²) in [6.45, 7) is 14.9. The van der Waals surface area contributed by atoms with Crippen molar-refractivity contribution in [2.45, 2.75) is 48.5 Å². The first-order chi connectivity index (χ1) is 16.2. The zero-order valence-corrected chi connectivity index (χ0v) is 22.0. The van der Waals surface area contributed by atoms with Crippen LogP contribution in [0.4, 0.5) is 11.4 Å². The molecule has 0 N–H and O–H groups in total. The average Bonchev–Trinajstić information content (AvgIpc) is 3.26. The first kappa shape index (κ1) is 23.8. The first-order valence-electron chi connectivity index (χ1n) is 11.7. The van der Waals surface area contributed by atoms with Gasteiger partial charge in [0.15, 0.2) is 0 Å². The summed E-state index contributed by atoms with van der Waals surface area (Å²) in [5.41, 5.74) is 12.6. The molecule has 3 aromatic carbocycles. The van der Waals surface area contributed by atoms with Crippen LogP contribution in [0, 0.1) is 41.5 Å². The third-order valence-corrected chi connectivity index (χ3v) is 7.22. The van der Waals surface area contributed by atoms with E-state index >= 15 is 0 Å². The minimum absolute atomic E-state index is 1.00. The van der Waals surface area contributed by atoms with Crippen LogP contribution in [0.1, 0.15) is 55.6 Å². The number of thiophene rings is 1. The molecule has 1 aromatic heterocycles. The zero-order chi connectivity index (χ0) is 24.4. The summed E-state index contributed by atoms with van der Waals surface area (Å²) in [5.74, 6) is 0. The number of aryl methyl sites for hydroxylation is 6. The fourth-order valence-corrected chi connectivity index (χ4v) is 5.51. The highest BCUT2D eigenvalue weighted by molar-refractivity contribution is 7.16. The molecule has 2 nitrogen and oxygen atoms in total. The number of nitrogens with zero attached hydrogens (tertiary/aromatic N) is 2. The van der Waals surface area contributed by atoms with Crippen LogP contribution in [-0.2, 0) is 0 Å². The third-order valence-electron chi connectivity index (χ3n) is 6.02. The van der Waals surface area contributed by atoms with E-state index in [9.17, 15) is 0 Å². The molecule has 0 spiro atoms. The third kappa shape index (κ3) is 5.10. The second kappa shape index (κ2) is 9.90. The zero-order valence-electron chi connectivity index (χ0n) is 21.2. The molecule has 0 amide bonds. The molecular formula is C31H32N2S. The minimum atomic E-state index is 1.00. The fourth-order valence-electron chi connectivity index (χ4n) is 4.55. The van der Waals surface area contributed by atoms with Crippen LogP contribution in [0.25, 0.3) is 0 Å². The Morgan fingerprint density at radius 3 is 1.59 bits per heavy atom. The second-order valence-electron chi connectivity index (χ2n) is 9.18. The van der Waals surface area contributed by atoms with Gasteiger partial charge < -0.3 is 0 Å². The van der Waals surface area contributed by atoms with E-state index in [1.807, 2.05) is 6.07 Å². The van der Waals surface area contributed by atoms with E-state index < -0.39 is 0 Å². The minimum Gasteiger partial charge on any atom is -0.252 e. The standard InChI is InChI=1S/C31H32N2S/c1-19-15-21(3)29(22(4)16-19)32-25(7)27-13-14-28(34-27)31(26-11-9-8-10-12-26)33-30-23(5)17-20(2)18-24(30)6/h8-18H,1-7H3. The van der Waals surface area contributed by atoms with Crippen molar-refractivity contribution in [1.82, 2.24) is 0 Å². The molecule has 0 unspecified atom stereocenters. The van der Waals surface area contributed by atoms with Gasteiger partial charge in [0.25, 0.3) is 0 Å². The second-order valence-corrected chi connectivity index (χ2v) is 10.3. The van der Waals surface area contributed by atoms with Gasteiger partial charge in [0, 0.05) is 10.4 Å². The van der Waals surface area contributed by atoms with Crippen molar-refractivity contribution in [2.24, 2.45) is 9.98 Å². The van der Waals surface area contributed by atoms with Gasteiger partial charge in [-0.05, 0) is 82.9 Å². The highest BCUT2D eigenvalue weighted by Crippen LogP contribution is 2.31. The van der Waals surface area contributed by atoms with E-state index in [1.54, 1.807) is 11.3 Å². The van der Waals surface area contributed by atoms with Gasteiger partial charge in [0.2, 0.25) is 0 Å². The van der Waals surface area contributed by atoms with E-state index in [0.717, 1.165) is 38.1 Å². The number of benzene rings is 3. The van der Waals surface area contributed by atoms with Gasteiger partial charge in [-0.15, -0.1) is 11.3 Å². The van der Waals surface area contributed by atoms with Gasteiger partial charge in [-0.25, -0.2) is 4.99 Å². The SMILES string of the molecule is CC(=Nc1c(C)cc(C)cc1C)c1ccc(C(=Nc2c(C)cc(C)cc2C)c2ccccc2)s1. The Labute approximate surface area is 207 Å². The molecular weight excluding hydrogens is 432 g/mol. The average molecular weight is 465 g/mol.